The maximum Gasteiger partial charge on any atom is 0.247 e. The lowest BCUT2D eigenvalue weighted by Gasteiger charge is -2.46. The van der Waals surface area contributed by atoms with E-state index in [0.29, 0.717) is 19.6 Å². The number of rotatable bonds is 2. The topological polar surface area (TPSA) is 66.6 Å². The van der Waals surface area contributed by atoms with Crippen molar-refractivity contribution in [3.8, 4) is 0 Å². The van der Waals surface area contributed by atoms with E-state index in [2.05, 4.69) is 0 Å². The lowest BCUT2D eigenvalue weighted by Crippen LogP contribution is -2.64. The number of piperazine rings is 1. The van der Waals surface area contributed by atoms with Crippen LogP contribution in [0.1, 0.15) is 33.1 Å². The molecule has 2 amide bonds. The molecule has 0 bridgehead atoms. The molecule has 6 heteroatoms. The van der Waals surface area contributed by atoms with Gasteiger partial charge in [0.1, 0.15) is 5.54 Å². The summed E-state index contributed by atoms with van der Waals surface area (Å²) in [5.74, 6) is 0.451. The van der Waals surface area contributed by atoms with E-state index in [1.165, 1.54) is 0 Å². The van der Waals surface area contributed by atoms with Crippen molar-refractivity contribution in [2.45, 2.75) is 38.6 Å². The third-order valence-corrected chi connectivity index (χ3v) is 4.75. The highest BCUT2D eigenvalue weighted by atomic mass is 35.5. The molecule has 1 saturated carbocycles. The second-order valence-corrected chi connectivity index (χ2v) is 6.31. The fourth-order valence-electron chi connectivity index (χ4n) is 3.44. The molecule has 0 spiro atoms. The molecule has 0 aromatic heterocycles. The van der Waals surface area contributed by atoms with Crippen LogP contribution in [0.25, 0.3) is 0 Å². The Morgan fingerprint density at radius 1 is 1.35 bits per heavy atom. The van der Waals surface area contributed by atoms with E-state index in [0.717, 1.165) is 19.3 Å². The summed E-state index contributed by atoms with van der Waals surface area (Å²) in [5.41, 5.74) is 5.03. The summed E-state index contributed by atoms with van der Waals surface area (Å²) in [6.07, 6.45) is 3.02. The first-order chi connectivity index (χ1) is 8.89. The first-order valence-corrected chi connectivity index (χ1v) is 7.16. The van der Waals surface area contributed by atoms with Crippen LogP contribution in [-0.4, -0.2) is 53.8 Å². The van der Waals surface area contributed by atoms with Crippen LogP contribution in [-0.2, 0) is 9.59 Å². The van der Waals surface area contributed by atoms with E-state index in [1.807, 2.05) is 13.8 Å². The summed E-state index contributed by atoms with van der Waals surface area (Å²) in [6, 6.07) is 0. The normalized spacial score (nSPS) is 29.3. The Kier molecular flexibility index (Phi) is 5.44. The number of hydrogen-bond donors (Lipinski definition) is 1. The predicted molar refractivity (Wildman–Crippen MR) is 80.6 cm³/mol. The van der Waals surface area contributed by atoms with Crippen LogP contribution in [0.2, 0.25) is 0 Å². The predicted octanol–water partition coefficient (Wildman–Crippen LogP) is 0.862. The number of carbonyl (C=O) groups excluding carboxylic acids is 2. The van der Waals surface area contributed by atoms with Gasteiger partial charge in [0, 0.05) is 26.1 Å². The van der Waals surface area contributed by atoms with Crippen molar-refractivity contribution < 1.29 is 9.59 Å². The average Bonchev–Trinajstić information content (AvgIpc) is 2.83. The van der Waals surface area contributed by atoms with Gasteiger partial charge in [-0.15, -0.1) is 12.4 Å². The summed E-state index contributed by atoms with van der Waals surface area (Å²) in [4.78, 5) is 28.5. The fraction of sp³-hybridized carbons (Fsp3) is 0.857. The minimum Gasteiger partial charge on any atom is -0.342 e. The zero-order chi connectivity index (χ0) is 14.2. The van der Waals surface area contributed by atoms with Crippen molar-refractivity contribution >= 4 is 24.2 Å². The second-order valence-electron chi connectivity index (χ2n) is 6.31. The zero-order valence-electron chi connectivity index (χ0n) is 12.6. The molecule has 0 aromatic carbocycles. The van der Waals surface area contributed by atoms with Crippen LogP contribution in [0.15, 0.2) is 0 Å². The Balaban J connectivity index is 0.00000200. The number of carbonyl (C=O) groups is 2. The number of hydrogen-bond acceptors (Lipinski definition) is 3. The molecule has 20 heavy (non-hydrogen) atoms. The number of nitrogens with two attached hydrogens (primary N) is 1. The van der Waals surface area contributed by atoms with Crippen molar-refractivity contribution in [1.29, 1.82) is 0 Å². The maximum absolute atomic E-state index is 12.7. The maximum atomic E-state index is 12.7. The molecule has 0 radical (unpaired) electrons. The van der Waals surface area contributed by atoms with Crippen LogP contribution < -0.4 is 5.73 Å². The summed E-state index contributed by atoms with van der Waals surface area (Å²) in [7, 11) is 1.80. The van der Waals surface area contributed by atoms with Gasteiger partial charge in [-0.05, 0) is 39.2 Å². The average molecular weight is 304 g/mol. The Morgan fingerprint density at radius 3 is 2.60 bits per heavy atom. The van der Waals surface area contributed by atoms with Crippen LogP contribution >= 0.6 is 12.4 Å². The zero-order valence-corrected chi connectivity index (χ0v) is 13.4. The molecular weight excluding hydrogens is 278 g/mol. The van der Waals surface area contributed by atoms with Crippen LogP contribution in [0.3, 0.4) is 0 Å². The minimum absolute atomic E-state index is 0. The number of likely N-dealkylation sites (N-methyl/N-ethyl adjacent to an activating group) is 1. The molecule has 2 atom stereocenters. The van der Waals surface area contributed by atoms with Gasteiger partial charge in [0.05, 0.1) is 0 Å². The van der Waals surface area contributed by atoms with Gasteiger partial charge in [-0.2, -0.15) is 0 Å². The van der Waals surface area contributed by atoms with Crippen LogP contribution in [0, 0.1) is 11.8 Å². The van der Waals surface area contributed by atoms with Gasteiger partial charge in [-0.1, -0.05) is 6.42 Å². The molecule has 0 aromatic rings. The Bertz CT molecular complexity index is 387. The second kappa shape index (κ2) is 6.31. The molecule has 1 aliphatic heterocycles. The van der Waals surface area contributed by atoms with Gasteiger partial charge >= 0.3 is 0 Å². The highest BCUT2D eigenvalue weighted by Crippen LogP contribution is 2.35. The fourth-order valence-corrected chi connectivity index (χ4v) is 3.44. The summed E-state index contributed by atoms with van der Waals surface area (Å²) in [6.45, 7) is 5.50. The SMILES string of the molecule is CN1CCN(C(=O)[C@@H]2CCC[C@@H]2CN)C(C)(C)C1=O.Cl. The van der Waals surface area contributed by atoms with E-state index < -0.39 is 5.54 Å². The van der Waals surface area contributed by atoms with Gasteiger partial charge in [-0.3, -0.25) is 9.59 Å². The monoisotopic (exact) mass is 303 g/mol. The molecule has 1 heterocycles. The van der Waals surface area contributed by atoms with E-state index >= 15 is 0 Å². The smallest absolute Gasteiger partial charge is 0.247 e. The van der Waals surface area contributed by atoms with Gasteiger partial charge in [-0.25, -0.2) is 0 Å². The van der Waals surface area contributed by atoms with E-state index in [4.69, 9.17) is 5.73 Å². The van der Waals surface area contributed by atoms with E-state index in [9.17, 15) is 9.59 Å². The van der Waals surface area contributed by atoms with Crippen molar-refractivity contribution in [2.75, 3.05) is 26.7 Å². The lowest BCUT2D eigenvalue weighted by atomic mass is 9.90. The standard InChI is InChI=1S/C14H25N3O2.ClH/c1-14(2)13(19)16(3)7-8-17(14)12(18)11-6-4-5-10(11)9-15;/h10-11H,4-9,15H2,1-3H3;1H/t10-,11-;/m1./s1. The third-order valence-electron chi connectivity index (χ3n) is 4.75. The summed E-state index contributed by atoms with van der Waals surface area (Å²) in [5, 5.41) is 0. The molecule has 2 rings (SSSR count). The molecule has 116 valence electrons. The van der Waals surface area contributed by atoms with Gasteiger partial charge < -0.3 is 15.5 Å². The number of amides is 2. The Morgan fingerprint density at radius 2 is 2.00 bits per heavy atom. The summed E-state index contributed by atoms with van der Waals surface area (Å²) < 4.78 is 0. The van der Waals surface area contributed by atoms with Crippen LogP contribution in [0.4, 0.5) is 0 Å². The van der Waals surface area contributed by atoms with E-state index in [-0.39, 0.29) is 36.1 Å². The van der Waals surface area contributed by atoms with Crippen molar-refractivity contribution in [1.82, 2.24) is 9.80 Å². The molecule has 5 nitrogen and oxygen atoms in total. The van der Waals surface area contributed by atoms with Gasteiger partial charge in [0.15, 0.2) is 0 Å². The molecule has 2 N–H and O–H groups in total. The molecule has 1 saturated heterocycles. The van der Waals surface area contributed by atoms with Crippen LogP contribution in [0.5, 0.6) is 0 Å². The van der Waals surface area contributed by atoms with Crippen molar-refractivity contribution in [2.24, 2.45) is 17.6 Å². The van der Waals surface area contributed by atoms with E-state index in [1.54, 1.807) is 16.8 Å². The molecule has 1 aliphatic carbocycles. The summed E-state index contributed by atoms with van der Waals surface area (Å²) >= 11 is 0. The molecular formula is C14H26ClN3O2. The Labute approximate surface area is 127 Å². The van der Waals surface area contributed by atoms with Gasteiger partial charge in [0.2, 0.25) is 11.8 Å². The highest BCUT2D eigenvalue weighted by Gasteiger charge is 2.46. The van der Waals surface area contributed by atoms with Crippen molar-refractivity contribution in [3.63, 3.8) is 0 Å². The van der Waals surface area contributed by atoms with Gasteiger partial charge in [0.25, 0.3) is 0 Å². The minimum atomic E-state index is -0.730. The van der Waals surface area contributed by atoms with Crippen molar-refractivity contribution in [3.05, 3.63) is 0 Å². The largest absolute Gasteiger partial charge is 0.342 e. The third kappa shape index (κ3) is 2.79. The number of halogens is 1. The quantitative estimate of drug-likeness (QED) is 0.823. The highest BCUT2D eigenvalue weighted by molar-refractivity contribution is 5.92. The number of nitrogens with zero attached hydrogens (tertiary/aromatic N) is 2. The first kappa shape index (κ1) is 17.2. The lowest BCUT2D eigenvalue weighted by molar-refractivity contribution is -0.160. The molecule has 2 fully saturated rings. The molecule has 2 aliphatic rings. The molecule has 0 unspecified atom stereocenters. The first-order valence-electron chi connectivity index (χ1n) is 7.16. The Hall–Kier alpha value is -0.810.